The molecule has 6 aliphatic heterocycles. The van der Waals surface area contributed by atoms with Gasteiger partial charge in [0, 0.05) is 112 Å². The lowest BCUT2D eigenvalue weighted by atomic mass is 9.67. The molecule has 0 bridgehead atoms. The third-order valence-corrected chi connectivity index (χ3v) is 27.3. The number of urea groups is 1. The number of hydrogen-bond acceptors (Lipinski definition) is 26. The van der Waals surface area contributed by atoms with E-state index in [0.717, 1.165) is 129 Å². The summed E-state index contributed by atoms with van der Waals surface area (Å²) >= 11 is 13.9. The van der Waals surface area contributed by atoms with Crippen LogP contribution in [0.2, 0.25) is 0 Å². The van der Waals surface area contributed by atoms with E-state index in [0.29, 0.717) is 260 Å². The number of alkyl halides is 2. The first-order chi connectivity index (χ1) is 59.4. The van der Waals surface area contributed by atoms with Gasteiger partial charge in [-0.1, -0.05) is 71.1 Å². The van der Waals surface area contributed by atoms with Crippen LogP contribution in [-0.4, -0.2) is 364 Å². The number of piperazine rings is 1. The van der Waals surface area contributed by atoms with E-state index < -0.39 is 6.04 Å². The maximum atomic E-state index is 13.2. The Morgan fingerprint density at radius 1 is 0.521 bits per heavy atom. The molecule has 33 heteroatoms. The Hall–Kier alpha value is -3.38. The van der Waals surface area contributed by atoms with Gasteiger partial charge in [0.2, 0.25) is 23.6 Å². The van der Waals surface area contributed by atoms with Crippen LogP contribution in [0.25, 0.3) is 0 Å². The Kier molecular flexibility index (Phi) is 48.6. The number of imide groups is 1. The number of carbonyl (C=O) groups is 5. The average Bonchev–Trinajstić information content (AvgIpc) is 1.77. The number of unbranched alkanes of at least 4 members (excludes halogenated alkanes) is 5. The van der Waals surface area contributed by atoms with E-state index >= 15 is 0 Å². The normalized spacial score (nSPS) is 29.4. The number of nitrogens with one attached hydrogen (secondary N) is 5. The molecule has 4 aliphatic carbocycles. The maximum absolute atomic E-state index is 13.2. The van der Waals surface area contributed by atoms with Gasteiger partial charge in [-0.15, -0.1) is 23.2 Å². The fourth-order valence-electron chi connectivity index (χ4n) is 20.3. The molecule has 10 fully saturated rings. The van der Waals surface area contributed by atoms with E-state index in [1.807, 2.05) is 11.8 Å². The largest absolute Gasteiger partial charge is 0.379 e. The Bertz CT molecular complexity index is 2920. The van der Waals surface area contributed by atoms with Gasteiger partial charge in [0.25, 0.3) is 0 Å². The first kappa shape index (κ1) is 99.8. The maximum Gasteiger partial charge on any atom is 0.315 e. The molecular formula is C88H153Cl2N11O20. The van der Waals surface area contributed by atoms with E-state index in [2.05, 4.69) is 47.4 Å². The Morgan fingerprint density at radius 2 is 1.09 bits per heavy atom. The van der Waals surface area contributed by atoms with Crippen molar-refractivity contribution in [2.24, 2.45) is 41.4 Å². The van der Waals surface area contributed by atoms with Crippen LogP contribution in [0.3, 0.4) is 0 Å². The molecular weight excluding hydrogens is 1600 g/mol. The molecule has 121 heavy (non-hydrogen) atoms. The number of fused-ring (bicyclic) bond motifs is 3. The van der Waals surface area contributed by atoms with Gasteiger partial charge in [0.15, 0.2) is 6.35 Å². The highest BCUT2D eigenvalue weighted by Crippen LogP contribution is 2.47. The third kappa shape index (κ3) is 35.9. The van der Waals surface area contributed by atoms with Gasteiger partial charge in [0.05, 0.1) is 210 Å². The van der Waals surface area contributed by atoms with E-state index in [1.165, 1.54) is 57.8 Å². The molecule has 0 spiro atoms. The van der Waals surface area contributed by atoms with Crippen molar-refractivity contribution in [1.29, 1.82) is 5.26 Å². The second kappa shape index (κ2) is 59.0. The summed E-state index contributed by atoms with van der Waals surface area (Å²) in [5.74, 6) is 2.10. The lowest BCUT2D eigenvalue weighted by Gasteiger charge is -2.56. The van der Waals surface area contributed by atoms with Crippen molar-refractivity contribution < 1.29 is 95.0 Å². The molecule has 6 heterocycles. The zero-order chi connectivity index (χ0) is 84.7. The van der Waals surface area contributed by atoms with Crippen molar-refractivity contribution in [2.75, 3.05) is 251 Å². The van der Waals surface area contributed by atoms with E-state index in [4.69, 9.17) is 94.3 Å². The van der Waals surface area contributed by atoms with Gasteiger partial charge in [-0.05, 0) is 126 Å². The summed E-state index contributed by atoms with van der Waals surface area (Å²) in [5.41, 5.74) is 0. The second-order valence-corrected chi connectivity index (χ2v) is 36.0. The molecule has 694 valence electrons. The topological polar surface area (TPSA) is 324 Å². The number of likely N-dealkylation sites (tertiary alicyclic amines) is 3. The van der Waals surface area contributed by atoms with Gasteiger partial charge >= 0.3 is 6.03 Å². The number of carbonyl (C=O) groups excluding carboxylic acids is 5. The lowest BCUT2D eigenvalue weighted by molar-refractivity contribution is -0.144. The Balaban J connectivity index is 0.412. The summed E-state index contributed by atoms with van der Waals surface area (Å²) in [7, 11) is 0. The zero-order valence-corrected chi connectivity index (χ0v) is 74.7. The molecule has 5 N–H and O–H groups in total. The number of piperidine rings is 2. The van der Waals surface area contributed by atoms with Crippen LogP contribution >= 0.6 is 23.2 Å². The number of amides is 6. The smallest absolute Gasteiger partial charge is 0.315 e. The first-order valence-electron chi connectivity index (χ1n) is 47.0. The number of hydrogen-bond donors (Lipinski definition) is 5. The predicted octanol–water partition coefficient (Wildman–Crippen LogP) is 7.09. The van der Waals surface area contributed by atoms with Crippen molar-refractivity contribution in [3.05, 3.63) is 0 Å². The molecule has 15 unspecified atom stereocenters. The predicted molar refractivity (Wildman–Crippen MR) is 457 cm³/mol. The van der Waals surface area contributed by atoms with E-state index in [9.17, 15) is 29.2 Å². The second-order valence-electron chi connectivity index (χ2n) is 34.8. The monoisotopic (exact) mass is 1750 g/mol. The molecule has 6 saturated heterocycles. The molecule has 10 aliphatic rings. The molecule has 6 amide bonds. The molecule has 17 atom stereocenters. The molecule has 0 aromatic heterocycles. The van der Waals surface area contributed by atoms with Crippen molar-refractivity contribution in [3.8, 4) is 6.07 Å². The van der Waals surface area contributed by atoms with E-state index in [-0.39, 0.29) is 95.2 Å². The summed E-state index contributed by atoms with van der Waals surface area (Å²) in [4.78, 5) is 74.8. The van der Waals surface area contributed by atoms with Crippen molar-refractivity contribution in [1.82, 2.24) is 51.1 Å². The number of halogens is 2. The van der Waals surface area contributed by atoms with Crippen LogP contribution < -0.4 is 26.6 Å². The summed E-state index contributed by atoms with van der Waals surface area (Å²) in [6.07, 6.45) is 25.4. The minimum atomic E-state index is -0.559. The van der Waals surface area contributed by atoms with Crippen LogP contribution in [0.4, 0.5) is 4.79 Å². The molecule has 0 aromatic carbocycles. The van der Waals surface area contributed by atoms with E-state index in [1.54, 1.807) is 4.90 Å². The minimum Gasteiger partial charge on any atom is -0.379 e. The van der Waals surface area contributed by atoms with Crippen LogP contribution in [0, 0.1) is 52.8 Å². The van der Waals surface area contributed by atoms with Crippen molar-refractivity contribution in [3.63, 3.8) is 0 Å². The first-order valence-corrected chi connectivity index (χ1v) is 47.9. The van der Waals surface area contributed by atoms with Crippen LogP contribution in [0.1, 0.15) is 174 Å². The fourth-order valence-corrected chi connectivity index (χ4v) is 21.3. The number of ether oxygens (including phenoxy) is 15. The summed E-state index contributed by atoms with van der Waals surface area (Å²) in [6.45, 7) is 23.9. The highest BCUT2D eigenvalue weighted by molar-refractivity contribution is 6.21. The van der Waals surface area contributed by atoms with Gasteiger partial charge in [-0.3, -0.25) is 49.8 Å². The van der Waals surface area contributed by atoms with Crippen LogP contribution in [0.5, 0.6) is 0 Å². The van der Waals surface area contributed by atoms with Gasteiger partial charge in [-0.25, -0.2) is 4.79 Å². The summed E-state index contributed by atoms with van der Waals surface area (Å²) < 4.78 is 86.2. The third-order valence-electron chi connectivity index (χ3n) is 26.5. The standard InChI is InChI=1S/C88H153Cl2N11O20/c1-2-82(103)100-28-27-99(64-73(100)22-24-91)84-76-23-26-98(79-17-10-14-69-13-9-16-77(90)83(69)79)65-78(76)94-88(96-84)121-66-74-15-11-25-97(74)29-31-108-33-35-110-37-39-112-41-43-114-45-47-116-49-51-118-53-55-120-57-56-119-54-52-117-50-48-115-46-44-113-42-40-111-38-36-109-34-32-107-30-8-6-4-3-5-7-12-67-59-71(89)61-72(60-67)93-87(106)92-62-68-18-19-75-70(58-68)63-101(86(75)105)80-20-21-81(102)95-85(80)104/h67-80,83-84,88,94,96H,2-23,25-66H2,1H3,(H2,92,93,106)(H,95,102,104)/t67?,68?,69?,70?,71?,72?,73-,74-,75?,76?,77?,78?,79?,80?,83?,84?,88?/m0/s1. The number of nitrogens with zero attached hydrogens (tertiary/aromatic N) is 6. The van der Waals surface area contributed by atoms with Crippen molar-refractivity contribution in [2.45, 2.75) is 233 Å². The molecule has 10 rings (SSSR count). The molecule has 31 nitrogen and oxygen atoms in total. The Morgan fingerprint density at radius 3 is 1.68 bits per heavy atom. The van der Waals surface area contributed by atoms with Gasteiger partial charge < -0.3 is 91.5 Å². The minimum absolute atomic E-state index is 0.0341. The summed E-state index contributed by atoms with van der Waals surface area (Å²) in [5, 5.41) is 26.8. The highest BCUT2D eigenvalue weighted by Gasteiger charge is 2.51. The van der Waals surface area contributed by atoms with Crippen LogP contribution in [-0.2, 0) is 90.2 Å². The van der Waals surface area contributed by atoms with Gasteiger partial charge in [-0.2, -0.15) is 5.26 Å². The van der Waals surface area contributed by atoms with Crippen molar-refractivity contribution >= 4 is 52.9 Å². The average molecular weight is 1760 g/mol. The zero-order valence-electron chi connectivity index (χ0n) is 73.2. The Labute approximate surface area is 731 Å². The lowest BCUT2D eigenvalue weighted by Crippen LogP contribution is -2.74. The fraction of sp³-hybridized carbons (Fsp3) is 0.932. The molecule has 0 aromatic rings. The number of rotatable bonds is 62. The summed E-state index contributed by atoms with van der Waals surface area (Å²) in [6, 6.07) is 2.73. The molecule has 4 saturated carbocycles. The molecule has 0 radical (unpaired) electrons. The quantitative estimate of drug-likeness (QED) is 0.0230. The SMILES string of the molecule is CCC(=O)N1CCN(C2NC(OC[C@@H]3CCCN3CCOCCOCCOCCOCCOCCOCCOCCOCCOCCOCCOCCOCCOCCOCCCCCCCCC3CC(Cl)CC(NC(=O)NCC4CCC5C(=O)N(C6CCC(=O)NC6=O)CC5C4)C3)NC3CN(C4CCCC5CCCC(Cl)C54)CCC32)C[C@@H]1CC#N. The highest BCUT2D eigenvalue weighted by atomic mass is 35.5. The van der Waals surface area contributed by atoms with Crippen LogP contribution in [0.15, 0.2) is 0 Å². The number of nitriles is 1. The van der Waals surface area contributed by atoms with Gasteiger partial charge in [0.1, 0.15) is 6.04 Å².